The van der Waals surface area contributed by atoms with Crippen molar-refractivity contribution >= 4 is 88.6 Å². The second-order valence-corrected chi connectivity index (χ2v) is 30.3. The molecule has 5 aliphatic heterocycles. The number of alkyl halides is 5. The standard InChI is InChI=1S/C69H98F5N15O12S2/c70-43-13-15-48-46(25-43)40(29-78-48)23-51-63(96)84-52(24-41-30-79-49-16-14-44(71)26-47(41)49)64(97)86-54(28-60(92)93)66(99)85-53(27-45-31-77-36-81-45)65(98)87-55(22-37-9-11-42(12-10-37)69(72,73)74)68(101)89-19-4-8-57(89)67(100)88-56(61(76)94)35-103-34-39-6-3-5-38(21-39)33-102-20-17-58(90)82-50(7-1-2-18-75)62(95)80-32-59(91)83-51/h3,5-6,9-12,21,40-41,43-57,77-79,81H,1-2,4,7-8,13-20,22-36,75H2,(H2,76,94)(H,80,95)(H,82,90)(H,83,91)(H,84,96)(H,85,99)(H,86,97)(H,87,98)(H,88,100)(H,92,93)/t40?,41?,43?,44?,45?,46?,47?,48?,49?,50-,51-,52-,53-,54-,55-,56-,57-/m0/s1. The summed E-state index contributed by atoms with van der Waals surface area (Å²) >= 11 is 2.76. The highest BCUT2D eigenvalue weighted by atomic mass is 32.2. The molecule has 17 N–H and O–H groups in total. The summed E-state index contributed by atoms with van der Waals surface area (Å²) in [4.78, 5) is 158. The largest absolute Gasteiger partial charge is 0.481 e. The van der Waals surface area contributed by atoms with Gasteiger partial charge in [-0.15, -0.1) is 0 Å². The highest BCUT2D eigenvalue weighted by molar-refractivity contribution is 7.98. The molecule has 0 spiro atoms. The first-order chi connectivity index (χ1) is 49.3. The van der Waals surface area contributed by atoms with Crippen molar-refractivity contribution in [3.63, 3.8) is 0 Å². The average molecular weight is 1490 g/mol. The lowest BCUT2D eigenvalue weighted by Crippen LogP contribution is -2.61. The smallest absolute Gasteiger partial charge is 0.416 e. The Kier molecular flexibility index (Phi) is 29.6. The van der Waals surface area contributed by atoms with Crippen LogP contribution in [0.5, 0.6) is 0 Å². The minimum atomic E-state index is -4.74. The number of halogens is 5. The number of hydrogen-bond acceptors (Lipinski definition) is 18. The van der Waals surface area contributed by atoms with Crippen LogP contribution in [0, 0.1) is 23.7 Å². The molecular weight excluding hydrogens is 1390 g/mol. The first kappa shape index (κ1) is 79.9. The second-order valence-electron chi connectivity index (χ2n) is 28.2. The van der Waals surface area contributed by atoms with Gasteiger partial charge in [0.2, 0.25) is 59.1 Å². The van der Waals surface area contributed by atoms with Gasteiger partial charge in [0.05, 0.1) is 18.5 Å². The number of nitrogens with zero attached hydrogens (tertiary/aromatic N) is 1. The van der Waals surface area contributed by atoms with Gasteiger partial charge in [-0.25, -0.2) is 8.78 Å². The zero-order valence-electron chi connectivity index (χ0n) is 57.5. The van der Waals surface area contributed by atoms with Gasteiger partial charge in [0.1, 0.15) is 60.7 Å². The number of hydrogen-bond donors (Lipinski definition) is 15. The molecular formula is C69H98F5N15O12S2. The Bertz CT molecular complexity index is 3310. The molecule has 103 heavy (non-hydrogen) atoms. The van der Waals surface area contributed by atoms with E-state index in [1.165, 1.54) is 28.4 Å². The van der Waals surface area contributed by atoms with E-state index in [2.05, 4.69) is 63.8 Å². The quantitative estimate of drug-likeness (QED) is 0.0855. The van der Waals surface area contributed by atoms with Gasteiger partial charge in [-0.05, 0) is 162 Å². The number of carbonyl (C=O) groups excluding carboxylic acids is 10. The third kappa shape index (κ3) is 23.4. The molecule has 9 rings (SSSR count). The highest BCUT2D eigenvalue weighted by Gasteiger charge is 2.47. The number of primary amides is 1. The molecule has 27 nitrogen and oxygen atoms in total. The third-order valence-electron chi connectivity index (χ3n) is 20.7. The summed E-state index contributed by atoms with van der Waals surface area (Å²) < 4.78 is 72.0. The Morgan fingerprint density at radius 2 is 1.20 bits per heavy atom. The monoisotopic (exact) mass is 1490 g/mol. The van der Waals surface area contributed by atoms with E-state index in [0.29, 0.717) is 62.5 Å². The van der Waals surface area contributed by atoms with Crippen molar-refractivity contribution in [2.75, 3.05) is 57.4 Å². The van der Waals surface area contributed by atoms with E-state index in [1.807, 2.05) is 24.3 Å². The predicted octanol–water partition coefficient (Wildman–Crippen LogP) is 0.550. The Labute approximate surface area is 603 Å². The molecule has 2 aromatic rings. The molecule has 0 aromatic heterocycles. The lowest BCUT2D eigenvalue weighted by atomic mass is 9.76. The molecule has 9 unspecified atom stereocenters. The zero-order valence-corrected chi connectivity index (χ0v) is 59.1. The number of rotatable bonds is 15. The first-order valence-corrected chi connectivity index (χ1v) is 38.1. The Morgan fingerprint density at radius 1 is 0.621 bits per heavy atom. The molecule has 2 aromatic carbocycles. The number of carboxylic acids is 1. The fourth-order valence-corrected chi connectivity index (χ4v) is 17.2. The molecule has 6 fully saturated rings. The van der Waals surface area contributed by atoms with Crippen LogP contribution >= 0.6 is 23.5 Å². The summed E-state index contributed by atoms with van der Waals surface area (Å²) in [7, 11) is 0. The normalized spacial score (nSPS) is 32.0. The molecule has 4 saturated heterocycles. The number of unbranched alkanes of at least 4 members (excludes halogenated alkanes) is 1. The summed E-state index contributed by atoms with van der Waals surface area (Å²) in [5, 5.41) is 44.7. The number of benzene rings is 2. The van der Waals surface area contributed by atoms with Crippen molar-refractivity contribution in [1.29, 1.82) is 0 Å². The lowest BCUT2D eigenvalue weighted by Gasteiger charge is -2.34. The van der Waals surface area contributed by atoms with E-state index in [4.69, 9.17) is 11.5 Å². The van der Waals surface area contributed by atoms with Crippen LogP contribution < -0.4 is 75.3 Å². The van der Waals surface area contributed by atoms with E-state index in [9.17, 15) is 51.8 Å². The number of amides is 10. The molecule has 17 atom stereocenters. The van der Waals surface area contributed by atoms with Crippen LogP contribution in [0.15, 0.2) is 48.5 Å². The van der Waals surface area contributed by atoms with Gasteiger partial charge in [0, 0.05) is 73.7 Å². The number of thioether (sulfide) groups is 2. The van der Waals surface area contributed by atoms with Gasteiger partial charge in [-0.1, -0.05) is 36.4 Å². The molecule has 2 bridgehead atoms. The van der Waals surface area contributed by atoms with Crippen molar-refractivity contribution in [3.8, 4) is 0 Å². The van der Waals surface area contributed by atoms with Crippen molar-refractivity contribution in [3.05, 3.63) is 70.8 Å². The van der Waals surface area contributed by atoms with E-state index >= 15 is 28.0 Å². The fourth-order valence-electron chi connectivity index (χ4n) is 15.3. The Hall–Kier alpha value is -7.24. The predicted molar refractivity (Wildman–Crippen MR) is 373 cm³/mol. The number of nitrogens with one attached hydrogen (secondary N) is 12. The van der Waals surface area contributed by atoms with Crippen molar-refractivity contribution < 1.29 is 79.8 Å². The Balaban J connectivity index is 1.03. The fraction of sp³-hybridized carbons (Fsp3) is 0.667. The van der Waals surface area contributed by atoms with E-state index in [1.54, 1.807) is 0 Å². The van der Waals surface area contributed by atoms with Crippen LogP contribution in [0.3, 0.4) is 0 Å². The molecule has 34 heteroatoms. The summed E-state index contributed by atoms with van der Waals surface area (Å²) in [6, 6.07) is -1.32. The minimum absolute atomic E-state index is 0.0118. The lowest BCUT2D eigenvalue weighted by molar-refractivity contribution is -0.143. The molecule has 568 valence electrons. The Morgan fingerprint density at radius 3 is 1.80 bits per heavy atom. The molecule has 7 aliphatic rings. The van der Waals surface area contributed by atoms with Crippen LogP contribution in [-0.2, 0) is 76.8 Å². The highest BCUT2D eigenvalue weighted by Crippen LogP contribution is 2.40. The molecule has 10 amide bonds. The summed E-state index contributed by atoms with van der Waals surface area (Å²) in [5.74, 6) is -10.5. The van der Waals surface area contributed by atoms with Gasteiger partial charge in [-0.3, -0.25) is 52.7 Å². The summed E-state index contributed by atoms with van der Waals surface area (Å²) in [6.07, 6.45) is -5.67. The van der Waals surface area contributed by atoms with Gasteiger partial charge in [0.15, 0.2) is 0 Å². The molecule has 2 aliphatic carbocycles. The molecule has 0 radical (unpaired) electrons. The maximum Gasteiger partial charge on any atom is 0.416 e. The van der Waals surface area contributed by atoms with Crippen LogP contribution in [0.25, 0.3) is 0 Å². The SMILES string of the molecule is NCCCC[C@@H]1NC(=O)CCSCc2cccc(c2)CSC[C@@H](C(N)=O)NC(=O)[C@@H]2CCCN2C(=O)[C@H](Cc2ccc(C(F)(F)F)cc2)NC(=O)[C@H](CC2CNCN2)NC(=O)[C@H](CC(=O)O)NC(=O)[C@H](CC2CNC3CCC(F)CC23)NC(=O)[C@H](CC2CNC3CCC(F)CC23)NC(=O)CNC1=O. The number of carboxylic acid groups (broad SMARTS) is 1. The summed E-state index contributed by atoms with van der Waals surface area (Å²) in [6.45, 7) is 0.699. The number of nitrogens with two attached hydrogens (primary N) is 2. The van der Waals surface area contributed by atoms with Gasteiger partial charge < -0.3 is 85.3 Å². The number of aliphatic carboxylic acids is 1. The summed E-state index contributed by atoms with van der Waals surface area (Å²) in [5.41, 5.74) is 12.6. The number of fused-ring (bicyclic) bond motifs is 5. The zero-order chi connectivity index (χ0) is 73.9. The van der Waals surface area contributed by atoms with Gasteiger partial charge >= 0.3 is 12.1 Å². The van der Waals surface area contributed by atoms with E-state index < -0.39 is 175 Å². The molecule has 2 saturated carbocycles. The van der Waals surface area contributed by atoms with E-state index in [-0.39, 0.29) is 126 Å². The van der Waals surface area contributed by atoms with Crippen LogP contribution in [0.2, 0.25) is 0 Å². The third-order valence-corrected chi connectivity index (χ3v) is 22.9. The maximum absolute atomic E-state index is 15.3. The number of carbonyl (C=O) groups is 11. The van der Waals surface area contributed by atoms with Crippen LogP contribution in [0.1, 0.15) is 125 Å². The van der Waals surface area contributed by atoms with Crippen molar-refractivity contribution in [2.24, 2.45) is 35.1 Å². The van der Waals surface area contributed by atoms with E-state index in [0.717, 1.165) is 35.4 Å². The topological polar surface area (TPSA) is 408 Å². The maximum atomic E-state index is 15.3. The van der Waals surface area contributed by atoms with Gasteiger partial charge in [0.25, 0.3) is 0 Å². The van der Waals surface area contributed by atoms with Crippen LogP contribution in [0.4, 0.5) is 22.0 Å². The van der Waals surface area contributed by atoms with Crippen molar-refractivity contribution in [2.45, 2.75) is 206 Å². The first-order valence-electron chi connectivity index (χ1n) is 35.8. The average Bonchev–Trinajstić information content (AvgIpc) is 1.74. The van der Waals surface area contributed by atoms with Crippen LogP contribution in [-0.4, -0.2) is 211 Å². The minimum Gasteiger partial charge on any atom is -0.481 e. The van der Waals surface area contributed by atoms with Crippen molar-refractivity contribution in [1.82, 2.24) is 68.7 Å². The van der Waals surface area contributed by atoms with Gasteiger partial charge in [-0.2, -0.15) is 36.7 Å². The molecule has 5 heterocycles. The second kappa shape index (κ2) is 38.2.